The van der Waals surface area contributed by atoms with E-state index in [2.05, 4.69) is 15.6 Å². The number of ether oxygens (including phenoxy) is 2. The van der Waals surface area contributed by atoms with Gasteiger partial charge in [-0.25, -0.2) is 0 Å². The molecule has 0 saturated heterocycles. The van der Waals surface area contributed by atoms with Gasteiger partial charge in [0, 0.05) is 6.07 Å². The highest BCUT2D eigenvalue weighted by Gasteiger charge is 2.19. The molecule has 0 aliphatic rings. The van der Waals surface area contributed by atoms with Crippen molar-refractivity contribution in [3.05, 3.63) is 58.7 Å². The minimum atomic E-state index is -0.966. The van der Waals surface area contributed by atoms with Crippen molar-refractivity contribution in [1.82, 2.24) is 10.3 Å². The summed E-state index contributed by atoms with van der Waals surface area (Å²) in [7, 11) is 0. The number of hydrogen-bond acceptors (Lipinski definition) is 8. The fourth-order valence-electron chi connectivity index (χ4n) is 2.68. The second-order valence-corrected chi connectivity index (χ2v) is 6.86. The predicted molar refractivity (Wildman–Crippen MR) is 106 cm³/mol. The normalized spacial score (nSPS) is 11.7. The third-order valence-corrected chi connectivity index (χ3v) is 4.39. The van der Waals surface area contributed by atoms with Crippen molar-refractivity contribution >= 4 is 17.7 Å². The lowest BCUT2D eigenvalue weighted by atomic mass is 10.1. The Kier molecular flexibility index (Phi) is 6.51. The van der Waals surface area contributed by atoms with Crippen molar-refractivity contribution in [2.45, 2.75) is 46.8 Å². The number of aryl methyl sites for hydroxylation is 3. The van der Waals surface area contributed by atoms with Crippen LogP contribution in [0.25, 0.3) is 0 Å². The molecule has 1 amide bonds. The average Bonchev–Trinajstić information content (AvgIpc) is 3.25. The lowest BCUT2D eigenvalue weighted by Crippen LogP contribution is -2.30. The quantitative estimate of drug-likeness (QED) is 0.559. The van der Waals surface area contributed by atoms with E-state index >= 15 is 0 Å². The highest BCUT2D eigenvalue weighted by atomic mass is 16.5. The van der Waals surface area contributed by atoms with Crippen LogP contribution in [0.3, 0.4) is 0 Å². The van der Waals surface area contributed by atoms with E-state index < -0.39 is 18.0 Å². The molecule has 0 unspecified atom stereocenters. The van der Waals surface area contributed by atoms with E-state index in [4.69, 9.17) is 18.5 Å². The number of rotatable bonds is 8. The Bertz CT molecular complexity index is 1000. The van der Waals surface area contributed by atoms with Crippen LogP contribution in [0.4, 0.5) is 5.82 Å². The number of carbonyl (C=O) groups is 2. The summed E-state index contributed by atoms with van der Waals surface area (Å²) in [5.41, 5.74) is 2.45. The van der Waals surface area contributed by atoms with Crippen LogP contribution in [0.15, 0.2) is 39.4 Å². The van der Waals surface area contributed by atoms with E-state index in [1.807, 2.05) is 13.8 Å². The first kappa shape index (κ1) is 21.1. The van der Waals surface area contributed by atoms with Gasteiger partial charge in [0.2, 0.25) is 0 Å². The number of aromatic nitrogens is 2. The second-order valence-electron chi connectivity index (χ2n) is 6.86. The van der Waals surface area contributed by atoms with Crippen LogP contribution in [0.2, 0.25) is 0 Å². The maximum absolute atomic E-state index is 12.1. The van der Waals surface area contributed by atoms with Crippen LogP contribution in [0.1, 0.15) is 35.3 Å². The zero-order valence-corrected chi connectivity index (χ0v) is 17.2. The molecule has 0 aliphatic heterocycles. The smallest absolute Gasteiger partial charge is 0.311 e. The first-order valence-electron chi connectivity index (χ1n) is 9.39. The second kappa shape index (κ2) is 9.25. The minimum Gasteiger partial charge on any atom is -0.489 e. The number of amides is 1. The number of hydrogen-bond donors (Lipinski definition) is 1. The molecule has 2 heterocycles. The molecule has 0 aliphatic carbocycles. The van der Waals surface area contributed by atoms with E-state index in [0.29, 0.717) is 18.1 Å². The van der Waals surface area contributed by atoms with Gasteiger partial charge >= 0.3 is 5.97 Å². The summed E-state index contributed by atoms with van der Waals surface area (Å²) < 4.78 is 20.9. The van der Waals surface area contributed by atoms with E-state index in [1.165, 1.54) is 6.92 Å². The van der Waals surface area contributed by atoms with Crippen molar-refractivity contribution < 1.29 is 28.1 Å². The Morgan fingerprint density at radius 3 is 2.43 bits per heavy atom. The largest absolute Gasteiger partial charge is 0.489 e. The Balaban J connectivity index is 1.47. The van der Waals surface area contributed by atoms with Crippen molar-refractivity contribution in [1.29, 1.82) is 0 Å². The molecule has 2 aromatic heterocycles. The van der Waals surface area contributed by atoms with Gasteiger partial charge in [-0.3, -0.25) is 9.59 Å². The SMILES string of the molecule is Cc1cc(NC(=O)[C@@H](C)OC(=O)Cc2ccc(OCc3c(C)noc3C)cc2)no1. The van der Waals surface area contributed by atoms with Gasteiger partial charge in [0.05, 0.1) is 17.7 Å². The number of benzene rings is 1. The summed E-state index contributed by atoms with van der Waals surface area (Å²) in [5, 5.41) is 10.1. The van der Waals surface area contributed by atoms with Crippen molar-refractivity contribution in [3.8, 4) is 5.75 Å². The first-order valence-corrected chi connectivity index (χ1v) is 9.39. The van der Waals surface area contributed by atoms with Gasteiger partial charge in [-0.05, 0) is 45.4 Å². The summed E-state index contributed by atoms with van der Waals surface area (Å²) in [6, 6.07) is 8.65. The summed E-state index contributed by atoms with van der Waals surface area (Å²) in [4.78, 5) is 24.2. The average molecular weight is 413 g/mol. The molecule has 1 N–H and O–H groups in total. The maximum atomic E-state index is 12.1. The Morgan fingerprint density at radius 2 is 1.83 bits per heavy atom. The van der Waals surface area contributed by atoms with E-state index in [9.17, 15) is 9.59 Å². The molecule has 0 radical (unpaired) electrons. The first-order chi connectivity index (χ1) is 14.3. The molecule has 9 heteroatoms. The summed E-state index contributed by atoms with van der Waals surface area (Å²) in [6.45, 7) is 7.24. The highest BCUT2D eigenvalue weighted by molar-refractivity contribution is 5.94. The zero-order chi connectivity index (χ0) is 21.7. The number of nitrogens with one attached hydrogen (secondary N) is 1. The maximum Gasteiger partial charge on any atom is 0.311 e. The molecule has 3 aromatic rings. The standard InChI is InChI=1S/C21H23N3O6/c1-12-9-19(24-29-12)22-21(26)15(4)28-20(25)10-16-5-7-17(8-6-16)27-11-18-13(2)23-30-14(18)3/h5-9,15H,10-11H2,1-4H3,(H,22,24,26)/t15-/m1/s1. The molecule has 9 nitrogen and oxygen atoms in total. The predicted octanol–water partition coefficient (Wildman–Crippen LogP) is 3.28. The van der Waals surface area contributed by atoms with Crippen LogP contribution in [-0.2, 0) is 27.4 Å². The van der Waals surface area contributed by atoms with Gasteiger partial charge in [0.15, 0.2) is 11.9 Å². The van der Waals surface area contributed by atoms with Crippen LogP contribution in [-0.4, -0.2) is 28.3 Å². The minimum absolute atomic E-state index is 0.0326. The monoisotopic (exact) mass is 413 g/mol. The zero-order valence-electron chi connectivity index (χ0n) is 17.2. The molecule has 0 bridgehead atoms. The third-order valence-electron chi connectivity index (χ3n) is 4.39. The highest BCUT2D eigenvalue weighted by Crippen LogP contribution is 2.18. The Labute approximate surface area is 173 Å². The molecule has 158 valence electrons. The molecule has 0 saturated carbocycles. The fourth-order valence-corrected chi connectivity index (χ4v) is 2.68. The van der Waals surface area contributed by atoms with Gasteiger partial charge in [0.25, 0.3) is 5.91 Å². The van der Waals surface area contributed by atoms with Gasteiger partial charge in [-0.15, -0.1) is 0 Å². The molecule has 1 aromatic carbocycles. The lowest BCUT2D eigenvalue weighted by Gasteiger charge is -2.12. The molecular weight excluding hydrogens is 390 g/mol. The van der Waals surface area contributed by atoms with Crippen LogP contribution in [0.5, 0.6) is 5.75 Å². The number of esters is 1. The van der Waals surface area contributed by atoms with E-state index in [-0.39, 0.29) is 12.2 Å². The lowest BCUT2D eigenvalue weighted by molar-refractivity contribution is -0.152. The molecule has 0 fully saturated rings. The number of anilines is 1. The topological polar surface area (TPSA) is 117 Å². The van der Waals surface area contributed by atoms with Crippen LogP contribution >= 0.6 is 0 Å². The molecule has 3 rings (SSSR count). The Hall–Kier alpha value is -3.62. The molecule has 1 atom stereocenters. The molecular formula is C21H23N3O6. The van der Waals surface area contributed by atoms with E-state index in [0.717, 1.165) is 22.6 Å². The van der Waals surface area contributed by atoms with Crippen LogP contribution in [0, 0.1) is 20.8 Å². The van der Waals surface area contributed by atoms with Crippen molar-refractivity contribution in [2.75, 3.05) is 5.32 Å². The van der Waals surface area contributed by atoms with Gasteiger partial charge < -0.3 is 23.8 Å². The van der Waals surface area contributed by atoms with Gasteiger partial charge in [0.1, 0.15) is 23.9 Å². The molecule has 30 heavy (non-hydrogen) atoms. The summed E-state index contributed by atoms with van der Waals surface area (Å²) in [5.74, 6) is 1.21. The number of nitrogens with zero attached hydrogens (tertiary/aromatic N) is 2. The van der Waals surface area contributed by atoms with Gasteiger partial charge in [-0.1, -0.05) is 22.4 Å². The fraction of sp³-hybridized carbons (Fsp3) is 0.333. The molecule has 0 spiro atoms. The van der Waals surface area contributed by atoms with Crippen molar-refractivity contribution in [2.24, 2.45) is 0 Å². The third kappa shape index (κ3) is 5.47. The van der Waals surface area contributed by atoms with Crippen LogP contribution < -0.4 is 10.1 Å². The Morgan fingerprint density at radius 1 is 1.10 bits per heavy atom. The number of carbonyl (C=O) groups excluding carboxylic acids is 2. The van der Waals surface area contributed by atoms with Crippen molar-refractivity contribution in [3.63, 3.8) is 0 Å². The summed E-state index contributed by atoms with van der Waals surface area (Å²) >= 11 is 0. The van der Waals surface area contributed by atoms with E-state index in [1.54, 1.807) is 37.3 Å². The summed E-state index contributed by atoms with van der Waals surface area (Å²) in [6.07, 6.45) is -0.933. The van der Waals surface area contributed by atoms with Gasteiger partial charge in [-0.2, -0.15) is 0 Å².